The van der Waals surface area contributed by atoms with Gasteiger partial charge in [-0.1, -0.05) is 5.21 Å². The van der Waals surface area contributed by atoms with Gasteiger partial charge < -0.3 is 9.52 Å². The SMILES string of the molecule is CCn1nnc(-c2ccc3ocnc3c2)c1CO. The first-order valence-corrected chi connectivity index (χ1v) is 5.70. The lowest BCUT2D eigenvalue weighted by atomic mass is 10.1. The number of benzene rings is 1. The average Bonchev–Trinajstić information content (AvgIpc) is 3.03. The van der Waals surface area contributed by atoms with Gasteiger partial charge in [-0.2, -0.15) is 0 Å². The van der Waals surface area contributed by atoms with E-state index in [9.17, 15) is 5.11 Å². The Morgan fingerprint density at radius 3 is 3.06 bits per heavy atom. The van der Waals surface area contributed by atoms with Crippen LogP contribution < -0.4 is 0 Å². The minimum Gasteiger partial charge on any atom is -0.443 e. The summed E-state index contributed by atoms with van der Waals surface area (Å²) >= 11 is 0. The smallest absolute Gasteiger partial charge is 0.181 e. The first-order chi connectivity index (χ1) is 8.83. The molecule has 18 heavy (non-hydrogen) atoms. The molecule has 0 aliphatic heterocycles. The van der Waals surface area contributed by atoms with Crippen LogP contribution in [0, 0.1) is 0 Å². The van der Waals surface area contributed by atoms with E-state index >= 15 is 0 Å². The van der Waals surface area contributed by atoms with E-state index in [1.807, 2.05) is 25.1 Å². The highest BCUT2D eigenvalue weighted by Gasteiger charge is 2.13. The molecule has 6 heteroatoms. The lowest BCUT2D eigenvalue weighted by Gasteiger charge is -2.02. The third-order valence-electron chi connectivity index (χ3n) is 2.89. The number of rotatable bonds is 3. The number of fused-ring (bicyclic) bond motifs is 1. The number of hydrogen-bond donors (Lipinski definition) is 1. The minimum atomic E-state index is -0.0903. The van der Waals surface area contributed by atoms with Crippen LogP contribution in [0.25, 0.3) is 22.4 Å². The summed E-state index contributed by atoms with van der Waals surface area (Å²) in [6, 6.07) is 5.60. The van der Waals surface area contributed by atoms with Crippen molar-refractivity contribution in [1.29, 1.82) is 0 Å². The van der Waals surface area contributed by atoms with Gasteiger partial charge in [0.1, 0.15) is 11.2 Å². The van der Waals surface area contributed by atoms with Gasteiger partial charge in [0.2, 0.25) is 0 Å². The van der Waals surface area contributed by atoms with Crippen LogP contribution in [-0.2, 0) is 13.2 Å². The predicted molar refractivity (Wildman–Crippen MR) is 64.6 cm³/mol. The number of aryl methyl sites for hydroxylation is 1. The number of nitrogens with zero attached hydrogens (tertiary/aromatic N) is 4. The van der Waals surface area contributed by atoms with Gasteiger partial charge in [0.05, 0.1) is 12.3 Å². The van der Waals surface area contributed by atoms with Crippen LogP contribution in [0.3, 0.4) is 0 Å². The highest BCUT2D eigenvalue weighted by Crippen LogP contribution is 2.25. The van der Waals surface area contributed by atoms with Crippen molar-refractivity contribution in [2.45, 2.75) is 20.1 Å². The molecule has 2 heterocycles. The van der Waals surface area contributed by atoms with Crippen molar-refractivity contribution in [3.05, 3.63) is 30.3 Å². The van der Waals surface area contributed by atoms with Crippen LogP contribution in [-0.4, -0.2) is 25.1 Å². The van der Waals surface area contributed by atoms with Crippen molar-refractivity contribution in [1.82, 2.24) is 20.0 Å². The Morgan fingerprint density at radius 2 is 2.28 bits per heavy atom. The number of aliphatic hydroxyl groups is 1. The molecular formula is C12H12N4O2. The lowest BCUT2D eigenvalue weighted by Crippen LogP contribution is -2.02. The summed E-state index contributed by atoms with van der Waals surface area (Å²) in [4.78, 5) is 4.10. The first kappa shape index (κ1) is 10.9. The Hall–Kier alpha value is -2.21. The second-order valence-electron chi connectivity index (χ2n) is 3.89. The van der Waals surface area contributed by atoms with E-state index in [2.05, 4.69) is 15.3 Å². The first-order valence-electron chi connectivity index (χ1n) is 5.70. The second-order valence-corrected chi connectivity index (χ2v) is 3.89. The zero-order valence-electron chi connectivity index (χ0n) is 9.87. The largest absolute Gasteiger partial charge is 0.443 e. The quantitative estimate of drug-likeness (QED) is 0.757. The zero-order chi connectivity index (χ0) is 12.5. The highest BCUT2D eigenvalue weighted by atomic mass is 16.3. The molecule has 0 fully saturated rings. The van der Waals surface area contributed by atoms with E-state index in [-0.39, 0.29) is 6.61 Å². The van der Waals surface area contributed by atoms with Crippen LogP contribution in [0.2, 0.25) is 0 Å². The van der Waals surface area contributed by atoms with Gasteiger partial charge in [0.25, 0.3) is 0 Å². The van der Waals surface area contributed by atoms with Crippen LogP contribution in [0.1, 0.15) is 12.6 Å². The summed E-state index contributed by atoms with van der Waals surface area (Å²) in [6.45, 7) is 2.54. The molecule has 0 unspecified atom stereocenters. The number of aromatic nitrogens is 4. The predicted octanol–water partition coefficient (Wildman–Crippen LogP) is 1.60. The molecule has 3 aromatic rings. The van der Waals surface area contributed by atoms with E-state index in [0.29, 0.717) is 17.9 Å². The molecule has 0 aliphatic carbocycles. The standard InChI is InChI=1S/C12H12N4O2/c1-2-16-10(6-17)12(14-15-16)8-3-4-11-9(5-8)13-7-18-11/h3-5,7,17H,2,6H2,1H3. The van der Waals surface area contributed by atoms with Crippen molar-refractivity contribution in [3.63, 3.8) is 0 Å². The van der Waals surface area contributed by atoms with Gasteiger partial charge in [-0.15, -0.1) is 5.10 Å². The van der Waals surface area contributed by atoms with E-state index in [4.69, 9.17) is 4.42 Å². The van der Waals surface area contributed by atoms with Crippen LogP contribution >= 0.6 is 0 Å². The minimum absolute atomic E-state index is 0.0903. The van der Waals surface area contributed by atoms with E-state index in [1.54, 1.807) is 4.68 Å². The maximum Gasteiger partial charge on any atom is 0.181 e. The van der Waals surface area contributed by atoms with Crippen molar-refractivity contribution in [3.8, 4) is 11.3 Å². The van der Waals surface area contributed by atoms with Gasteiger partial charge in [-0.05, 0) is 25.1 Å². The summed E-state index contributed by atoms with van der Waals surface area (Å²) in [6.07, 6.45) is 1.41. The highest BCUT2D eigenvalue weighted by molar-refractivity contribution is 5.79. The maximum absolute atomic E-state index is 9.42. The van der Waals surface area contributed by atoms with Crippen molar-refractivity contribution in [2.24, 2.45) is 0 Å². The summed E-state index contributed by atoms with van der Waals surface area (Å²) in [7, 11) is 0. The normalized spacial score (nSPS) is 11.2. The summed E-state index contributed by atoms with van der Waals surface area (Å²) < 4.78 is 6.87. The fourth-order valence-corrected chi connectivity index (χ4v) is 1.97. The molecule has 0 bridgehead atoms. The molecule has 1 aromatic carbocycles. The lowest BCUT2D eigenvalue weighted by molar-refractivity contribution is 0.269. The molecule has 0 atom stereocenters. The monoisotopic (exact) mass is 244 g/mol. The summed E-state index contributed by atoms with van der Waals surface area (Å²) in [5.74, 6) is 0. The third-order valence-corrected chi connectivity index (χ3v) is 2.89. The van der Waals surface area contributed by atoms with Crippen molar-refractivity contribution < 1.29 is 9.52 Å². The third kappa shape index (κ3) is 1.58. The molecule has 3 rings (SSSR count). The Kier molecular flexibility index (Phi) is 2.56. The van der Waals surface area contributed by atoms with Crippen molar-refractivity contribution >= 4 is 11.1 Å². The maximum atomic E-state index is 9.42. The van der Waals surface area contributed by atoms with E-state index < -0.39 is 0 Å². The number of oxazole rings is 1. The zero-order valence-corrected chi connectivity index (χ0v) is 9.87. The fraction of sp³-hybridized carbons (Fsp3) is 0.250. The Morgan fingerprint density at radius 1 is 1.39 bits per heavy atom. The van der Waals surface area contributed by atoms with Crippen LogP contribution in [0.4, 0.5) is 0 Å². The summed E-state index contributed by atoms with van der Waals surface area (Å²) in [5.41, 5.74) is 3.76. The summed E-state index contributed by atoms with van der Waals surface area (Å²) in [5, 5.41) is 17.5. The molecule has 0 aliphatic rings. The Bertz CT molecular complexity index is 686. The molecule has 1 N–H and O–H groups in total. The molecular weight excluding hydrogens is 232 g/mol. The number of hydrogen-bond acceptors (Lipinski definition) is 5. The van der Waals surface area contributed by atoms with Crippen LogP contribution in [0.15, 0.2) is 29.0 Å². The van der Waals surface area contributed by atoms with Crippen LogP contribution in [0.5, 0.6) is 0 Å². The molecule has 0 amide bonds. The fourth-order valence-electron chi connectivity index (χ4n) is 1.97. The molecule has 0 saturated carbocycles. The average molecular weight is 244 g/mol. The van der Waals surface area contributed by atoms with Gasteiger partial charge in [0.15, 0.2) is 12.0 Å². The molecule has 92 valence electrons. The van der Waals surface area contributed by atoms with Gasteiger partial charge in [0, 0.05) is 12.1 Å². The van der Waals surface area contributed by atoms with E-state index in [1.165, 1.54) is 6.39 Å². The van der Waals surface area contributed by atoms with Crippen molar-refractivity contribution in [2.75, 3.05) is 0 Å². The molecule has 0 saturated heterocycles. The van der Waals surface area contributed by atoms with Gasteiger partial charge >= 0.3 is 0 Å². The second kappa shape index (κ2) is 4.23. The Balaban J connectivity index is 2.15. The molecule has 0 radical (unpaired) electrons. The van der Waals surface area contributed by atoms with E-state index in [0.717, 1.165) is 16.7 Å². The molecule has 6 nitrogen and oxygen atoms in total. The Labute approximate surface area is 103 Å². The van der Waals surface area contributed by atoms with Gasteiger partial charge in [-0.25, -0.2) is 9.67 Å². The van der Waals surface area contributed by atoms with Gasteiger partial charge in [-0.3, -0.25) is 0 Å². The topological polar surface area (TPSA) is 77.0 Å². The number of aliphatic hydroxyl groups excluding tert-OH is 1. The molecule has 2 aromatic heterocycles. The molecule has 0 spiro atoms.